The van der Waals surface area contributed by atoms with Crippen LogP contribution in [0.2, 0.25) is 0 Å². The average molecular weight is 180 g/mol. The average Bonchev–Trinajstić information content (AvgIpc) is 2.08. The SMILES string of the molecule is CCOB1C=CC(NC(C)=O)=CN1. The van der Waals surface area contributed by atoms with Crippen molar-refractivity contribution in [2.45, 2.75) is 13.8 Å². The fourth-order valence-electron chi connectivity index (χ4n) is 1.03. The van der Waals surface area contributed by atoms with Crippen molar-refractivity contribution in [2.24, 2.45) is 0 Å². The molecule has 0 unspecified atom stereocenters. The second kappa shape index (κ2) is 4.72. The molecule has 5 heteroatoms. The van der Waals surface area contributed by atoms with E-state index < -0.39 is 0 Å². The van der Waals surface area contributed by atoms with Gasteiger partial charge in [0.15, 0.2) is 0 Å². The lowest BCUT2D eigenvalue weighted by Crippen LogP contribution is -2.35. The quantitative estimate of drug-likeness (QED) is 0.609. The summed E-state index contributed by atoms with van der Waals surface area (Å²) >= 11 is 0. The lowest BCUT2D eigenvalue weighted by atomic mass is 9.81. The van der Waals surface area contributed by atoms with Crippen molar-refractivity contribution in [3.05, 3.63) is 23.9 Å². The van der Waals surface area contributed by atoms with Crippen LogP contribution in [-0.2, 0) is 9.45 Å². The number of rotatable bonds is 3. The van der Waals surface area contributed by atoms with Crippen molar-refractivity contribution in [2.75, 3.05) is 6.61 Å². The van der Waals surface area contributed by atoms with Gasteiger partial charge in [0.25, 0.3) is 0 Å². The van der Waals surface area contributed by atoms with Crippen LogP contribution < -0.4 is 10.5 Å². The molecule has 1 heterocycles. The summed E-state index contributed by atoms with van der Waals surface area (Å²) in [6, 6.07) is 0. The zero-order chi connectivity index (χ0) is 9.68. The van der Waals surface area contributed by atoms with E-state index in [1.54, 1.807) is 6.20 Å². The number of hydrogen-bond acceptors (Lipinski definition) is 3. The molecule has 2 N–H and O–H groups in total. The largest absolute Gasteiger partial charge is 0.441 e. The standard InChI is InChI=1S/C8H13BN2O2/c1-3-13-9-5-4-8(6-10-9)11-7(2)12/h4-6,10H,3H2,1-2H3,(H,11,12). The number of carbonyl (C=O) groups is 1. The third-order valence-corrected chi connectivity index (χ3v) is 1.52. The topological polar surface area (TPSA) is 50.4 Å². The van der Waals surface area contributed by atoms with Crippen LogP contribution in [0.15, 0.2) is 23.9 Å². The van der Waals surface area contributed by atoms with Crippen molar-refractivity contribution in [1.29, 1.82) is 0 Å². The van der Waals surface area contributed by atoms with Crippen molar-refractivity contribution in [3.8, 4) is 0 Å². The van der Waals surface area contributed by atoms with Crippen LogP contribution in [0.1, 0.15) is 13.8 Å². The van der Waals surface area contributed by atoms with E-state index in [2.05, 4.69) is 10.5 Å². The van der Waals surface area contributed by atoms with Crippen molar-refractivity contribution < 1.29 is 9.45 Å². The summed E-state index contributed by atoms with van der Waals surface area (Å²) in [5.41, 5.74) is 0.753. The van der Waals surface area contributed by atoms with Gasteiger partial charge in [-0.3, -0.25) is 4.79 Å². The normalized spacial score (nSPS) is 14.9. The van der Waals surface area contributed by atoms with Gasteiger partial charge < -0.3 is 15.2 Å². The number of hydrogen-bond donors (Lipinski definition) is 2. The Labute approximate surface area is 78.2 Å². The molecule has 0 saturated carbocycles. The molecule has 1 aliphatic rings. The van der Waals surface area contributed by atoms with Crippen LogP contribution in [0.4, 0.5) is 0 Å². The first kappa shape index (κ1) is 9.86. The monoisotopic (exact) mass is 180 g/mol. The van der Waals surface area contributed by atoms with E-state index in [0.29, 0.717) is 6.61 Å². The summed E-state index contributed by atoms with van der Waals surface area (Å²) in [4.78, 5) is 10.7. The minimum Gasteiger partial charge on any atom is -0.414 e. The van der Waals surface area contributed by atoms with Gasteiger partial charge in [0.2, 0.25) is 5.91 Å². The first-order valence-electron chi connectivity index (χ1n) is 4.26. The molecule has 13 heavy (non-hydrogen) atoms. The molecule has 0 fully saturated rings. The minimum atomic E-state index is -0.0810. The maximum absolute atomic E-state index is 10.7. The molecule has 0 saturated heterocycles. The van der Waals surface area contributed by atoms with Gasteiger partial charge in [0.05, 0.1) is 5.70 Å². The Kier molecular flexibility index (Phi) is 3.58. The molecule has 0 radical (unpaired) electrons. The molecule has 0 bridgehead atoms. The highest BCUT2D eigenvalue weighted by molar-refractivity contribution is 6.55. The zero-order valence-electron chi connectivity index (χ0n) is 7.83. The molecule has 0 aliphatic carbocycles. The van der Waals surface area contributed by atoms with Gasteiger partial charge >= 0.3 is 7.05 Å². The van der Waals surface area contributed by atoms with Gasteiger partial charge in [-0.15, -0.1) is 0 Å². The molecule has 0 aromatic carbocycles. The summed E-state index contributed by atoms with van der Waals surface area (Å²) < 4.78 is 5.28. The van der Waals surface area contributed by atoms with Crippen LogP contribution in [0.3, 0.4) is 0 Å². The number of allylic oxidation sites excluding steroid dienone is 1. The molecule has 0 aromatic heterocycles. The third kappa shape index (κ3) is 3.33. The first-order chi connectivity index (χ1) is 6.22. The Bertz CT molecular complexity index is 251. The van der Waals surface area contributed by atoms with Gasteiger partial charge in [-0.05, 0) is 13.0 Å². The molecule has 1 amide bonds. The van der Waals surface area contributed by atoms with Crippen LogP contribution in [0.5, 0.6) is 0 Å². The zero-order valence-corrected chi connectivity index (χ0v) is 7.83. The van der Waals surface area contributed by atoms with E-state index in [4.69, 9.17) is 4.65 Å². The highest BCUT2D eigenvalue weighted by Crippen LogP contribution is 1.99. The van der Waals surface area contributed by atoms with Gasteiger partial charge in [0.1, 0.15) is 0 Å². The fraction of sp³-hybridized carbons (Fsp3) is 0.375. The van der Waals surface area contributed by atoms with Gasteiger partial charge in [0, 0.05) is 19.7 Å². The number of nitrogens with one attached hydrogen (secondary N) is 2. The van der Waals surface area contributed by atoms with E-state index in [1.165, 1.54) is 6.92 Å². The van der Waals surface area contributed by atoms with Crippen molar-refractivity contribution in [3.63, 3.8) is 0 Å². The summed E-state index contributed by atoms with van der Waals surface area (Å²) in [6.07, 6.45) is 3.54. The fourth-order valence-corrected chi connectivity index (χ4v) is 1.03. The second-order valence-electron chi connectivity index (χ2n) is 2.68. The molecule has 4 nitrogen and oxygen atoms in total. The summed E-state index contributed by atoms with van der Waals surface area (Å²) in [5.74, 6) is 1.78. The Morgan fingerprint density at radius 3 is 3.00 bits per heavy atom. The third-order valence-electron chi connectivity index (χ3n) is 1.52. The number of carbonyl (C=O) groups excluding carboxylic acids is 1. The van der Waals surface area contributed by atoms with Gasteiger partial charge in [-0.25, -0.2) is 0 Å². The first-order valence-corrected chi connectivity index (χ1v) is 4.26. The Balaban J connectivity index is 2.40. The Morgan fingerprint density at radius 2 is 2.54 bits per heavy atom. The maximum atomic E-state index is 10.7. The summed E-state index contributed by atoms with van der Waals surface area (Å²) in [5, 5.41) is 5.65. The van der Waals surface area contributed by atoms with Crippen molar-refractivity contribution in [1.82, 2.24) is 10.5 Å². The van der Waals surface area contributed by atoms with Crippen LogP contribution >= 0.6 is 0 Å². The predicted molar refractivity (Wildman–Crippen MR) is 51.6 cm³/mol. The van der Waals surface area contributed by atoms with E-state index in [-0.39, 0.29) is 13.0 Å². The van der Waals surface area contributed by atoms with Crippen LogP contribution in [0.25, 0.3) is 0 Å². The van der Waals surface area contributed by atoms with Crippen molar-refractivity contribution >= 4 is 13.0 Å². The van der Waals surface area contributed by atoms with E-state index in [1.807, 2.05) is 19.0 Å². The highest BCUT2D eigenvalue weighted by atomic mass is 16.4. The lowest BCUT2D eigenvalue weighted by Gasteiger charge is -2.14. The highest BCUT2D eigenvalue weighted by Gasteiger charge is 2.13. The summed E-state index contributed by atoms with van der Waals surface area (Å²) in [6.45, 7) is 4.07. The molecule has 70 valence electrons. The smallest absolute Gasteiger partial charge is 0.414 e. The van der Waals surface area contributed by atoms with E-state index >= 15 is 0 Å². The Hall–Kier alpha value is -1.23. The maximum Gasteiger partial charge on any atom is 0.441 e. The van der Waals surface area contributed by atoms with Crippen LogP contribution in [-0.4, -0.2) is 19.6 Å². The van der Waals surface area contributed by atoms with Gasteiger partial charge in [-0.1, -0.05) is 5.98 Å². The molecule has 1 rings (SSSR count). The summed E-state index contributed by atoms with van der Waals surface area (Å²) in [7, 11) is -0.0810. The second-order valence-corrected chi connectivity index (χ2v) is 2.68. The molecular formula is C8H13BN2O2. The molecule has 1 aliphatic heterocycles. The lowest BCUT2D eigenvalue weighted by molar-refractivity contribution is -0.118. The van der Waals surface area contributed by atoms with E-state index in [0.717, 1.165) is 5.70 Å². The predicted octanol–water partition coefficient (Wildman–Crippen LogP) is 0.187. The Morgan fingerprint density at radius 1 is 1.77 bits per heavy atom. The van der Waals surface area contributed by atoms with Gasteiger partial charge in [-0.2, -0.15) is 0 Å². The molecule has 0 aromatic rings. The molecule has 0 atom stereocenters. The minimum absolute atomic E-state index is 0.0763. The number of amides is 1. The molecular weight excluding hydrogens is 167 g/mol. The van der Waals surface area contributed by atoms with Crippen LogP contribution in [0, 0.1) is 0 Å². The molecule has 0 spiro atoms. The van der Waals surface area contributed by atoms with E-state index in [9.17, 15) is 4.79 Å².